The molecular formula is C8H3Cl2F3O2. The van der Waals surface area contributed by atoms with Crippen LogP contribution in [0, 0.1) is 17.5 Å². The molecule has 0 N–H and O–H groups in total. The van der Waals surface area contributed by atoms with Gasteiger partial charge in [0.2, 0.25) is 0 Å². The Morgan fingerprint density at radius 3 is 1.80 bits per heavy atom. The van der Waals surface area contributed by atoms with Gasteiger partial charge in [-0.25, -0.2) is 18.0 Å². The highest BCUT2D eigenvalue weighted by atomic mass is 35.5. The predicted molar refractivity (Wildman–Crippen MR) is 47.7 cm³/mol. The molecule has 0 aliphatic heterocycles. The number of ether oxygens (including phenoxy) is 1. The van der Waals surface area contributed by atoms with Gasteiger partial charge in [0, 0.05) is 0 Å². The largest absolute Gasteiger partial charge is 0.465 e. The maximum Gasteiger partial charge on any atom is 0.343 e. The van der Waals surface area contributed by atoms with Gasteiger partial charge in [0.1, 0.15) is 15.6 Å². The number of rotatable bonds is 1. The topological polar surface area (TPSA) is 26.3 Å². The van der Waals surface area contributed by atoms with E-state index >= 15 is 0 Å². The number of carbonyl (C=O) groups excluding carboxylic acids is 1. The number of methoxy groups -OCH3 is 1. The fourth-order valence-corrected chi connectivity index (χ4v) is 1.31. The van der Waals surface area contributed by atoms with Crippen molar-refractivity contribution < 1.29 is 22.7 Å². The third kappa shape index (κ3) is 1.89. The van der Waals surface area contributed by atoms with E-state index < -0.39 is 39.0 Å². The Bertz CT molecular complexity index is 405. The SMILES string of the molecule is COC(=O)c1c(F)c(Cl)c(F)c(Cl)c1F. The molecule has 0 aliphatic rings. The van der Waals surface area contributed by atoms with Crippen LogP contribution in [0.2, 0.25) is 10.0 Å². The zero-order chi connectivity index (χ0) is 11.7. The number of carbonyl (C=O) groups is 1. The minimum absolute atomic E-state index is 0.909. The van der Waals surface area contributed by atoms with Gasteiger partial charge < -0.3 is 4.74 Å². The highest BCUT2D eigenvalue weighted by molar-refractivity contribution is 6.35. The van der Waals surface area contributed by atoms with Crippen LogP contribution >= 0.6 is 23.2 Å². The van der Waals surface area contributed by atoms with Crippen LogP contribution in [0.15, 0.2) is 0 Å². The molecule has 0 fully saturated rings. The molecule has 82 valence electrons. The molecule has 1 aromatic carbocycles. The molecule has 15 heavy (non-hydrogen) atoms. The van der Waals surface area contributed by atoms with Crippen molar-refractivity contribution in [3.63, 3.8) is 0 Å². The molecule has 0 spiro atoms. The lowest BCUT2D eigenvalue weighted by molar-refractivity contribution is 0.0589. The maximum atomic E-state index is 13.2. The van der Waals surface area contributed by atoms with E-state index in [0.717, 1.165) is 7.11 Å². The first-order chi connectivity index (χ1) is 6.91. The maximum absolute atomic E-state index is 13.2. The summed E-state index contributed by atoms with van der Waals surface area (Å²) in [5, 5.41) is -2.11. The first kappa shape index (κ1) is 12.1. The molecule has 0 aliphatic carbocycles. The van der Waals surface area contributed by atoms with E-state index in [1.807, 2.05) is 0 Å². The second-order valence-electron chi connectivity index (χ2n) is 2.44. The second-order valence-corrected chi connectivity index (χ2v) is 3.19. The van der Waals surface area contributed by atoms with E-state index in [0.29, 0.717) is 0 Å². The Labute approximate surface area is 92.5 Å². The van der Waals surface area contributed by atoms with E-state index in [1.54, 1.807) is 0 Å². The molecule has 0 heterocycles. The Kier molecular flexibility index (Phi) is 3.46. The van der Waals surface area contributed by atoms with Crippen LogP contribution in [0.4, 0.5) is 13.2 Å². The van der Waals surface area contributed by atoms with Crippen molar-refractivity contribution in [1.29, 1.82) is 0 Å². The van der Waals surface area contributed by atoms with E-state index in [1.165, 1.54) is 0 Å². The summed E-state index contributed by atoms with van der Waals surface area (Å²) >= 11 is 10.3. The van der Waals surface area contributed by atoms with Crippen molar-refractivity contribution >= 4 is 29.2 Å². The van der Waals surface area contributed by atoms with Gasteiger partial charge in [0.15, 0.2) is 17.5 Å². The summed E-state index contributed by atoms with van der Waals surface area (Å²) in [6.45, 7) is 0. The zero-order valence-corrected chi connectivity index (χ0v) is 8.72. The van der Waals surface area contributed by atoms with Gasteiger partial charge in [0.25, 0.3) is 0 Å². The van der Waals surface area contributed by atoms with E-state index in [2.05, 4.69) is 4.74 Å². The number of esters is 1. The van der Waals surface area contributed by atoms with Gasteiger partial charge in [-0.05, 0) is 0 Å². The lowest BCUT2D eigenvalue weighted by Crippen LogP contribution is -2.10. The van der Waals surface area contributed by atoms with Gasteiger partial charge in [-0.15, -0.1) is 0 Å². The summed E-state index contributed by atoms with van der Waals surface area (Å²) in [6.07, 6.45) is 0. The first-order valence-corrected chi connectivity index (χ1v) is 4.27. The van der Waals surface area contributed by atoms with Crippen LogP contribution in [0.1, 0.15) is 10.4 Å². The number of hydrogen-bond donors (Lipinski definition) is 0. The summed E-state index contributed by atoms with van der Waals surface area (Å²) in [4.78, 5) is 10.9. The Hall–Kier alpha value is -0.940. The van der Waals surface area contributed by atoms with Crippen molar-refractivity contribution in [3.8, 4) is 0 Å². The molecule has 0 atom stereocenters. The Balaban J connectivity index is 3.60. The third-order valence-electron chi connectivity index (χ3n) is 1.60. The molecule has 0 aromatic heterocycles. The van der Waals surface area contributed by atoms with E-state index in [4.69, 9.17) is 23.2 Å². The minimum atomic E-state index is -1.54. The van der Waals surface area contributed by atoms with Crippen molar-refractivity contribution in [2.45, 2.75) is 0 Å². The molecular weight excluding hydrogens is 256 g/mol. The van der Waals surface area contributed by atoms with Crippen LogP contribution in [-0.4, -0.2) is 13.1 Å². The molecule has 0 radical (unpaired) electrons. The quantitative estimate of drug-likeness (QED) is 0.439. The summed E-state index contributed by atoms with van der Waals surface area (Å²) < 4.78 is 43.3. The molecule has 0 saturated heterocycles. The highest BCUT2D eigenvalue weighted by Gasteiger charge is 2.27. The third-order valence-corrected chi connectivity index (χ3v) is 2.26. The minimum Gasteiger partial charge on any atom is -0.465 e. The van der Waals surface area contributed by atoms with Crippen LogP contribution in [0.3, 0.4) is 0 Å². The van der Waals surface area contributed by atoms with Gasteiger partial charge in [-0.2, -0.15) is 0 Å². The number of hydrogen-bond acceptors (Lipinski definition) is 2. The summed E-state index contributed by atoms with van der Waals surface area (Å²) in [7, 11) is 0.909. The van der Waals surface area contributed by atoms with E-state index in [9.17, 15) is 18.0 Å². The summed E-state index contributed by atoms with van der Waals surface area (Å²) in [5.41, 5.74) is -1.12. The van der Waals surface area contributed by atoms with Crippen LogP contribution in [-0.2, 0) is 4.74 Å². The van der Waals surface area contributed by atoms with Crippen LogP contribution in [0.5, 0.6) is 0 Å². The summed E-state index contributed by atoms with van der Waals surface area (Å²) in [6, 6.07) is 0. The average Bonchev–Trinajstić information content (AvgIpc) is 2.23. The number of benzene rings is 1. The fourth-order valence-electron chi connectivity index (χ4n) is 0.886. The Morgan fingerprint density at radius 1 is 1.07 bits per heavy atom. The molecule has 0 saturated carbocycles. The number of halogens is 5. The summed E-state index contributed by atoms with van der Waals surface area (Å²) in [5.74, 6) is -5.86. The van der Waals surface area contributed by atoms with Gasteiger partial charge in [-0.1, -0.05) is 23.2 Å². The molecule has 1 aromatic rings. The van der Waals surface area contributed by atoms with Crippen molar-refractivity contribution in [1.82, 2.24) is 0 Å². The molecule has 2 nitrogen and oxygen atoms in total. The molecule has 7 heteroatoms. The van der Waals surface area contributed by atoms with Crippen molar-refractivity contribution in [3.05, 3.63) is 33.1 Å². The standard InChI is InChI=1S/C8H3Cl2F3O2/c1-15-8(14)2-5(11)3(9)7(13)4(10)6(2)12/h1H3. The normalized spacial score (nSPS) is 10.3. The van der Waals surface area contributed by atoms with Gasteiger partial charge >= 0.3 is 5.97 Å². The second kappa shape index (κ2) is 4.28. The first-order valence-electron chi connectivity index (χ1n) is 3.51. The monoisotopic (exact) mass is 258 g/mol. The van der Waals surface area contributed by atoms with Gasteiger partial charge in [0.05, 0.1) is 7.11 Å². The average molecular weight is 259 g/mol. The molecule has 0 amide bonds. The smallest absolute Gasteiger partial charge is 0.343 e. The fraction of sp³-hybridized carbons (Fsp3) is 0.125. The lowest BCUT2D eigenvalue weighted by atomic mass is 10.2. The predicted octanol–water partition coefficient (Wildman–Crippen LogP) is 3.20. The highest BCUT2D eigenvalue weighted by Crippen LogP contribution is 2.32. The van der Waals surface area contributed by atoms with Crippen molar-refractivity contribution in [2.75, 3.05) is 7.11 Å². The Morgan fingerprint density at radius 2 is 1.47 bits per heavy atom. The van der Waals surface area contributed by atoms with E-state index in [-0.39, 0.29) is 0 Å². The van der Waals surface area contributed by atoms with Crippen LogP contribution < -0.4 is 0 Å². The molecule has 1 rings (SSSR count). The van der Waals surface area contributed by atoms with Crippen LogP contribution in [0.25, 0.3) is 0 Å². The molecule has 0 unspecified atom stereocenters. The zero-order valence-electron chi connectivity index (χ0n) is 7.21. The van der Waals surface area contributed by atoms with Gasteiger partial charge in [-0.3, -0.25) is 0 Å². The van der Waals surface area contributed by atoms with Crippen molar-refractivity contribution in [2.24, 2.45) is 0 Å². The molecule has 0 bridgehead atoms. The lowest BCUT2D eigenvalue weighted by Gasteiger charge is -2.07.